The quantitative estimate of drug-likeness (QED) is 0.502. The molecule has 23 heavy (non-hydrogen) atoms. The Labute approximate surface area is 143 Å². The number of rotatable bonds is 8. The number of nitrogens with one attached hydrogen (secondary N) is 2. The number of guanidine groups is 1. The van der Waals surface area contributed by atoms with Gasteiger partial charge >= 0.3 is 0 Å². The largest absolute Gasteiger partial charge is 0.504 e. The third-order valence-electron chi connectivity index (χ3n) is 3.32. The Balaban J connectivity index is 2.75. The van der Waals surface area contributed by atoms with E-state index in [9.17, 15) is 5.11 Å². The van der Waals surface area contributed by atoms with E-state index in [-0.39, 0.29) is 10.5 Å². The first-order valence-corrected chi connectivity index (χ1v) is 9.16. The van der Waals surface area contributed by atoms with Gasteiger partial charge < -0.3 is 20.5 Å². The molecule has 3 N–H and O–H groups in total. The molecule has 0 radical (unpaired) electrons. The SMILES string of the molecule is CCNC(=NCc1ccc(O)c(OCC)c1)NCC(C)(C)SC. The Morgan fingerprint density at radius 3 is 2.65 bits per heavy atom. The number of phenolic OH excluding ortho intramolecular Hbond substituents is 1. The van der Waals surface area contributed by atoms with Crippen LogP contribution in [-0.4, -0.2) is 41.8 Å². The maximum Gasteiger partial charge on any atom is 0.191 e. The van der Waals surface area contributed by atoms with E-state index in [1.54, 1.807) is 6.07 Å². The van der Waals surface area contributed by atoms with Crippen molar-refractivity contribution in [3.05, 3.63) is 23.8 Å². The number of aliphatic imine (C=N–C) groups is 1. The summed E-state index contributed by atoms with van der Waals surface area (Å²) >= 11 is 1.82. The molecule has 0 aliphatic rings. The van der Waals surface area contributed by atoms with Crippen molar-refractivity contribution in [2.45, 2.75) is 39.0 Å². The Bertz CT molecular complexity index is 519. The van der Waals surface area contributed by atoms with Crippen LogP contribution in [0.4, 0.5) is 0 Å². The van der Waals surface area contributed by atoms with Gasteiger partial charge in [-0.1, -0.05) is 6.07 Å². The molecule has 0 heterocycles. The topological polar surface area (TPSA) is 65.9 Å². The summed E-state index contributed by atoms with van der Waals surface area (Å²) in [7, 11) is 0. The molecule has 0 saturated carbocycles. The first-order valence-electron chi connectivity index (χ1n) is 7.94. The summed E-state index contributed by atoms with van der Waals surface area (Å²) in [6, 6.07) is 5.33. The molecule has 6 heteroatoms. The van der Waals surface area contributed by atoms with Crippen LogP contribution < -0.4 is 15.4 Å². The van der Waals surface area contributed by atoms with Crippen molar-refractivity contribution in [1.82, 2.24) is 10.6 Å². The second kappa shape index (κ2) is 9.55. The first-order chi connectivity index (χ1) is 10.9. The molecule has 0 fully saturated rings. The normalized spacial score (nSPS) is 12.1. The van der Waals surface area contributed by atoms with E-state index in [0.717, 1.165) is 24.6 Å². The van der Waals surface area contributed by atoms with Crippen LogP contribution in [0, 0.1) is 0 Å². The number of ether oxygens (including phenoxy) is 1. The third kappa shape index (κ3) is 7.03. The molecule has 0 atom stereocenters. The van der Waals surface area contributed by atoms with Gasteiger partial charge in [-0.15, -0.1) is 0 Å². The fourth-order valence-corrected chi connectivity index (χ4v) is 2.03. The van der Waals surface area contributed by atoms with Gasteiger partial charge in [-0.2, -0.15) is 11.8 Å². The van der Waals surface area contributed by atoms with Gasteiger partial charge in [0.2, 0.25) is 0 Å². The highest BCUT2D eigenvalue weighted by Crippen LogP contribution is 2.27. The highest BCUT2D eigenvalue weighted by molar-refractivity contribution is 7.99. The van der Waals surface area contributed by atoms with Crippen molar-refractivity contribution in [1.29, 1.82) is 0 Å². The van der Waals surface area contributed by atoms with Gasteiger partial charge in [-0.3, -0.25) is 0 Å². The van der Waals surface area contributed by atoms with Gasteiger partial charge in [-0.25, -0.2) is 4.99 Å². The minimum atomic E-state index is 0.150. The van der Waals surface area contributed by atoms with Crippen LogP contribution in [-0.2, 0) is 6.54 Å². The third-order valence-corrected chi connectivity index (χ3v) is 4.57. The lowest BCUT2D eigenvalue weighted by Crippen LogP contribution is -2.43. The Morgan fingerprint density at radius 2 is 2.04 bits per heavy atom. The van der Waals surface area contributed by atoms with E-state index >= 15 is 0 Å². The zero-order valence-electron chi connectivity index (χ0n) is 14.8. The van der Waals surface area contributed by atoms with Gasteiger partial charge in [0, 0.05) is 17.8 Å². The van der Waals surface area contributed by atoms with Crippen LogP contribution in [0.25, 0.3) is 0 Å². The van der Waals surface area contributed by atoms with Gasteiger partial charge in [0.05, 0.1) is 13.2 Å². The minimum Gasteiger partial charge on any atom is -0.504 e. The van der Waals surface area contributed by atoms with Crippen LogP contribution in [0.3, 0.4) is 0 Å². The van der Waals surface area contributed by atoms with Crippen molar-refractivity contribution >= 4 is 17.7 Å². The Kier molecular flexibility index (Phi) is 8.09. The predicted molar refractivity (Wildman–Crippen MR) is 99.7 cm³/mol. The molecule has 130 valence electrons. The lowest BCUT2D eigenvalue weighted by Gasteiger charge is -2.23. The molecule has 0 saturated heterocycles. The minimum absolute atomic E-state index is 0.150. The lowest BCUT2D eigenvalue weighted by atomic mass is 10.2. The van der Waals surface area contributed by atoms with Crippen LogP contribution in [0.15, 0.2) is 23.2 Å². The number of hydrogen-bond acceptors (Lipinski definition) is 4. The summed E-state index contributed by atoms with van der Waals surface area (Å²) in [5, 5.41) is 16.4. The van der Waals surface area contributed by atoms with Crippen molar-refractivity contribution < 1.29 is 9.84 Å². The molecule has 0 amide bonds. The number of aromatic hydroxyl groups is 1. The van der Waals surface area contributed by atoms with E-state index in [1.165, 1.54) is 0 Å². The average molecular weight is 340 g/mol. The van der Waals surface area contributed by atoms with E-state index in [2.05, 4.69) is 35.7 Å². The molecule has 0 aliphatic carbocycles. The van der Waals surface area contributed by atoms with Gasteiger partial charge in [0.15, 0.2) is 17.5 Å². The molecule has 0 bridgehead atoms. The summed E-state index contributed by atoms with van der Waals surface area (Å²) < 4.78 is 5.56. The fraction of sp³-hybridized carbons (Fsp3) is 0.588. The maximum atomic E-state index is 9.74. The van der Waals surface area contributed by atoms with Crippen LogP contribution in [0.5, 0.6) is 11.5 Å². The number of phenols is 1. The smallest absolute Gasteiger partial charge is 0.191 e. The molecule has 1 aromatic carbocycles. The van der Waals surface area contributed by atoms with Gasteiger partial charge in [0.25, 0.3) is 0 Å². The summed E-state index contributed by atoms with van der Waals surface area (Å²) in [6.45, 7) is 11.0. The number of benzene rings is 1. The monoisotopic (exact) mass is 339 g/mol. The first kappa shape index (κ1) is 19.5. The molecule has 1 aromatic rings. The van der Waals surface area contributed by atoms with Gasteiger partial charge in [-0.05, 0) is 51.6 Å². The highest BCUT2D eigenvalue weighted by atomic mass is 32.2. The Hall–Kier alpha value is -1.56. The predicted octanol–water partition coefficient (Wildman–Crippen LogP) is 2.99. The zero-order chi connectivity index (χ0) is 17.3. The zero-order valence-corrected chi connectivity index (χ0v) is 15.6. The molecule has 0 spiro atoms. The fourth-order valence-electron chi connectivity index (χ4n) is 1.81. The van der Waals surface area contributed by atoms with Crippen LogP contribution in [0.2, 0.25) is 0 Å². The summed E-state index contributed by atoms with van der Waals surface area (Å²) in [4.78, 5) is 4.60. The molecule has 0 aromatic heterocycles. The van der Waals surface area contributed by atoms with E-state index in [1.807, 2.05) is 37.7 Å². The molecule has 5 nitrogen and oxygen atoms in total. The molecular weight excluding hydrogens is 310 g/mol. The maximum absolute atomic E-state index is 9.74. The molecule has 1 rings (SSSR count). The summed E-state index contributed by atoms with van der Waals surface area (Å²) in [6.07, 6.45) is 2.11. The van der Waals surface area contributed by atoms with Crippen LogP contribution in [0.1, 0.15) is 33.3 Å². The summed E-state index contributed by atoms with van der Waals surface area (Å²) in [5.74, 6) is 1.45. The van der Waals surface area contributed by atoms with E-state index in [4.69, 9.17) is 4.74 Å². The van der Waals surface area contributed by atoms with Crippen molar-refractivity contribution in [3.8, 4) is 11.5 Å². The highest BCUT2D eigenvalue weighted by Gasteiger charge is 2.16. The second-order valence-electron chi connectivity index (χ2n) is 5.75. The van der Waals surface area contributed by atoms with Crippen molar-refractivity contribution in [3.63, 3.8) is 0 Å². The number of hydrogen-bond donors (Lipinski definition) is 3. The van der Waals surface area contributed by atoms with E-state index in [0.29, 0.717) is 18.9 Å². The molecular formula is C17H29N3O2S. The van der Waals surface area contributed by atoms with Crippen molar-refractivity contribution in [2.75, 3.05) is 26.0 Å². The number of nitrogens with zero attached hydrogens (tertiary/aromatic N) is 1. The average Bonchev–Trinajstić information content (AvgIpc) is 2.53. The second-order valence-corrected chi connectivity index (χ2v) is 7.26. The summed E-state index contributed by atoms with van der Waals surface area (Å²) in [5.41, 5.74) is 0.993. The van der Waals surface area contributed by atoms with E-state index < -0.39 is 0 Å². The standard InChI is InChI=1S/C17H29N3O2S/c1-6-18-16(20-12-17(3,4)23-5)19-11-13-8-9-14(21)15(10-13)22-7-2/h8-10,21H,6-7,11-12H2,1-5H3,(H2,18,19,20). The lowest BCUT2D eigenvalue weighted by molar-refractivity contribution is 0.318. The molecule has 0 unspecified atom stereocenters. The van der Waals surface area contributed by atoms with Crippen molar-refractivity contribution in [2.24, 2.45) is 4.99 Å². The Morgan fingerprint density at radius 1 is 1.30 bits per heavy atom. The van der Waals surface area contributed by atoms with Crippen LogP contribution >= 0.6 is 11.8 Å². The molecule has 0 aliphatic heterocycles. The number of thioether (sulfide) groups is 1. The van der Waals surface area contributed by atoms with Gasteiger partial charge in [0.1, 0.15) is 0 Å².